The van der Waals surface area contributed by atoms with Crippen LogP contribution in [0.5, 0.6) is 0 Å². The fourth-order valence-corrected chi connectivity index (χ4v) is 2.97. The number of aryl methyl sites for hydroxylation is 1. The molecule has 0 unspecified atom stereocenters. The third kappa shape index (κ3) is 2.25. The van der Waals surface area contributed by atoms with Gasteiger partial charge in [0.05, 0.1) is 11.2 Å². The molecule has 80 valence electrons. The minimum absolute atomic E-state index is 0.580. The van der Waals surface area contributed by atoms with E-state index in [0.29, 0.717) is 6.54 Å². The number of hydrogen-bond donors (Lipinski definition) is 1. The molecule has 2 aromatic rings. The first-order valence-electron chi connectivity index (χ1n) is 4.92. The third-order valence-corrected chi connectivity index (χ3v) is 3.83. The van der Waals surface area contributed by atoms with Crippen molar-refractivity contribution in [3.05, 3.63) is 21.5 Å². The number of rotatable bonds is 4. The van der Waals surface area contributed by atoms with Crippen LogP contribution in [0.15, 0.2) is 10.9 Å². The maximum Gasteiger partial charge on any atom is 0.143 e. The molecule has 0 radical (unpaired) electrons. The highest BCUT2D eigenvalue weighted by Gasteiger charge is 2.11. The molecule has 0 aliphatic carbocycles. The SMILES string of the molecule is CCCc1nc(-c2cscn2)sc1CN. The number of hydrogen-bond acceptors (Lipinski definition) is 5. The normalized spacial score (nSPS) is 10.8. The molecule has 3 nitrogen and oxygen atoms in total. The van der Waals surface area contributed by atoms with E-state index in [4.69, 9.17) is 5.73 Å². The molecule has 2 aromatic heterocycles. The van der Waals surface area contributed by atoms with Crippen LogP contribution in [0.25, 0.3) is 10.7 Å². The fraction of sp³-hybridized carbons (Fsp3) is 0.400. The maximum absolute atomic E-state index is 5.70. The monoisotopic (exact) mass is 239 g/mol. The van der Waals surface area contributed by atoms with Crippen LogP contribution in [0.2, 0.25) is 0 Å². The molecule has 15 heavy (non-hydrogen) atoms. The Morgan fingerprint density at radius 1 is 1.47 bits per heavy atom. The van der Waals surface area contributed by atoms with E-state index in [2.05, 4.69) is 16.9 Å². The van der Waals surface area contributed by atoms with Crippen LogP contribution in [0.4, 0.5) is 0 Å². The van der Waals surface area contributed by atoms with Crippen LogP contribution >= 0.6 is 22.7 Å². The summed E-state index contributed by atoms with van der Waals surface area (Å²) in [5.41, 5.74) is 9.65. The van der Waals surface area contributed by atoms with E-state index in [9.17, 15) is 0 Å². The molecule has 0 aromatic carbocycles. The Morgan fingerprint density at radius 3 is 2.93 bits per heavy atom. The molecule has 0 atom stereocenters. The second kappa shape index (κ2) is 4.83. The van der Waals surface area contributed by atoms with Crippen molar-refractivity contribution in [2.45, 2.75) is 26.3 Å². The molecule has 0 aliphatic heterocycles. The van der Waals surface area contributed by atoms with Crippen molar-refractivity contribution in [2.75, 3.05) is 0 Å². The quantitative estimate of drug-likeness (QED) is 0.892. The molecule has 0 amide bonds. The van der Waals surface area contributed by atoms with Crippen LogP contribution < -0.4 is 5.73 Å². The van der Waals surface area contributed by atoms with E-state index in [1.165, 1.54) is 4.88 Å². The molecule has 0 bridgehead atoms. The molecule has 2 heterocycles. The summed E-state index contributed by atoms with van der Waals surface area (Å²) >= 11 is 3.26. The lowest BCUT2D eigenvalue weighted by atomic mass is 10.2. The van der Waals surface area contributed by atoms with E-state index < -0.39 is 0 Å². The van der Waals surface area contributed by atoms with E-state index in [1.807, 2.05) is 10.9 Å². The molecule has 0 aliphatic rings. The summed E-state index contributed by atoms with van der Waals surface area (Å²) in [5.74, 6) is 0. The summed E-state index contributed by atoms with van der Waals surface area (Å²) < 4.78 is 0. The molecule has 2 N–H and O–H groups in total. The highest BCUT2D eigenvalue weighted by atomic mass is 32.1. The number of aromatic nitrogens is 2. The van der Waals surface area contributed by atoms with E-state index in [0.717, 1.165) is 29.2 Å². The Morgan fingerprint density at radius 2 is 2.33 bits per heavy atom. The third-order valence-electron chi connectivity index (χ3n) is 2.10. The summed E-state index contributed by atoms with van der Waals surface area (Å²) in [6, 6.07) is 0. The van der Waals surface area contributed by atoms with Crippen molar-refractivity contribution in [1.82, 2.24) is 9.97 Å². The van der Waals surface area contributed by atoms with E-state index in [-0.39, 0.29) is 0 Å². The lowest BCUT2D eigenvalue weighted by Crippen LogP contribution is -1.97. The molecule has 0 saturated carbocycles. The summed E-state index contributed by atoms with van der Waals surface area (Å²) in [5, 5.41) is 3.02. The van der Waals surface area contributed by atoms with Crippen molar-refractivity contribution in [3.63, 3.8) is 0 Å². The van der Waals surface area contributed by atoms with Crippen molar-refractivity contribution < 1.29 is 0 Å². The summed E-state index contributed by atoms with van der Waals surface area (Å²) in [6.07, 6.45) is 2.11. The minimum Gasteiger partial charge on any atom is -0.326 e. The zero-order chi connectivity index (χ0) is 10.7. The number of nitrogens with two attached hydrogens (primary N) is 1. The van der Waals surface area contributed by atoms with Gasteiger partial charge in [-0.1, -0.05) is 13.3 Å². The van der Waals surface area contributed by atoms with Gasteiger partial charge in [0.15, 0.2) is 0 Å². The van der Waals surface area contributed by atoms with Crippen molar-refractivity contribution in [2.24, 2.45) is 5.73 Å². The average molecular weight is 239 g/mol. The Labute approximate surface area is 97.0 Å². The van der Waals surface area contributed by atoms with Crippen LogP contribution in [0.1, 0.15) is 23.9 Å². The van der Waals surface area contributed by atoms with Gasteiger partial charge in [0.1, 0.15) is 10.7 Å². The van der Waals surface area contributed by atoms with Crippen LogP contribution in [-0.2, 0) is 13.0 Å². The van der Waals surface area contributed by atoms with Gasteiger partial charge in [-0.2, -0.15) is 0 Å². The van der Waals surface area contributed by atoms with Crippen LogP contribution in [0, 0.1) is 0 Å². The van der Waals surface area contributed by atoms with Gasteiger partial charge in [0.2, 0.25) is 0 Å². The van der Waals surface area contributed by atoms with E-state index >= 15 is 0 Å². The molecule has 2 rings (SSSR count). The summed E-state index contributed by atoms with van der Waals surface area (Å²) in [6.45, 7) is 2.74. The summed E-state index contributed by atoms with van der Waals surface area (Å²) in [4.78, 5) is 10.1. The van der Waals surface area contributed by atoms with Crippen LogP contribution in [-0.4, -0.2) is 9.97 Å². The molecule has 0 saturated heterocycles. The number of thiazole rings is 2. The van der Waals surface area contributed by atoms with Gasteiger partial charge in [0, 0.05) is 16.8 Å². The Balaban J connectivity index is 2.34. The first-order valence-corrected chi connectivity index (χ1v) is 6.68. The van der Waals surface area contributed by atoms with E-state index in [1.54, 1.807) is 22.7 Å². The predicted octanol–water partition coefficient (Wildman–Crippen LogP) is 2.68. The van der Waals surface area contributed by atoms with Gasteiger partial charge < -0.3 is 5.73 Å². The first kappa shape index (κ1) is 10.7. The molecule has 5 heteroatoms. The van der Waals surface area contributed by atoms with Gasteiger partial charge in [-0.15, -0.1) is 22.7 Å². The van der Waals surface area contributed by atoms with Gasteiger partial charge in [-0.05, 0) is 6.42 Å². The van der Waals surface area contributed by atoms with Gasteiger partial charge in [0.25, 0.3) is 0 Å². The molecule has 0 spiro atoms. The van der Waals surface area contributed by atoms with Crippen LogP contribution in [0.3, 0.4) is 0 Å². The average Bonchev–Trinajstić information content (AvgIpc) is 2.84. The molecule has 0 fully saturated rings. The highest BCUT2D eigenvalue weighted by Crippen LogP contribution is 2.28. The minimum atomic E-state index is 0.580. The Hall–Kier alpha value is -0.780. The largest absolute Gasteiger partial charge is 0.326 e. The van der Waals surface area contributed by atoms with Crippen molar-refractivity contribution in [3.8, 4) is 10.7 Å². The lowest BCUT2D eigenvalue weighted by Gasteiger charge is -1.94. The fourth-order valence-electron chi connectivity index (χ4n) is 1.40. The van der Waals surface area contributed by atoms with Crippen molar-refractivity contribution in [1.29, 1.82) is 0 Å². The Kier molecular flexibility index (Phi) is 3.45. The predicted molar refractivity (Wildman–Crippen MR) is 65.1 cm³/mol. The Bertz CT molecular complexity index is 420. The van der Waals surface area contributed by atoms with Crippen molar-refractivity contribution >= 4 is 22.7 Å². The molecular weight excluding hydrogens is 226 g/mol. The maximum atomic E-state index is 5.70. The van der Waals surface area contributed by atoms with Gasteiger partial charge in [-0.3, -0.25) is 0 Å². The van der Waals surface area contributed by atoms with Gasteiger partial charge in [-0.25, -0.2) is 9.97 Å². The lowest BCUT2D eigenvalue weighted by molar-refractivity contribution is 0.871. The highest BCUT2D eigenvalue weighted by molar-refractivity contribution is 7.15. The second-order valence-electron chi connectivity index (χ2n) is 3.22. The second-order valence-corrected chi connectivity index (χ2v) is 5.02. The first-order chi connectivity index (χ1) is 7.35. The molecular formula is C10H13N3S2. The smallest absolute Gasteiger partial charge is 0.143 e. The van der Waals surface area contributed by atoms with Gasteiger partial charge >= 0.3 is 0 Å². The number of nitrogens with zero attached hydrogens (tertiary/aromatic N) is 2. The zero-order valence-corrected chi connectivity index (χ0v) is 10.2. The topological polar surface area (TPSA) is 51.8 Å². The standard InChI is InChI=1S/C10H13N3S2/c1-2-3-7-9(4-11)15-10(13-7)8-5-14-6-12-8/h5-6H,2-4,11H2,1H3. The zero-order valence-electron chi connectivity index (χ0n) is 8.56. The summed E-state index contributed by atoms with van der Waals surface area (Å²) in [7, 11) is 0.